The van der Waals surface area contributed by atoms with Gasteiger partial charge in [-0.1, -0.05) is 25.1 Å². The molecule has 0 aliphatic heterocycles. The largest absolute Gasteiger partial charge is 0.494 e. The zero-order valence-electron chi connectivity index (χ0n) is 12.2. The zero-order chi connectivity index (χ0) is 16.8. The van der Waals surface area contributed by atoms with Gasteiger partial charge < -0.3 is 10.4 Å². The van der Waals surface area contributed by atoms with Crippen LogP contribution in [-0.4, -0.2) is 25.9 Å². The van der Waals surface area contributed by atoms with Crippen LogP contribution in [0.5, 0.6) is 5.88 Å². The molecule has 2 aromatic rings. The van der Waals surface area contributed by atoms with Crippen molar-refractivity contribution in [3.8, 4) is 5.88 Å². The van der Waals surface area contributed by atoms with Gasteiger partial charge in [-0.2, -0.15) is 5.10 Å². The van der Waals surface area contributed by atoms with E-state index in [0.29, 0.717) is 6.42 Å². The van der Waals surface area contributed by atoms with Gasteiger partial charge >= 0.3 is 5.69 Å². The molecule has 0 saturated carbocycles. The molecule has 2 rings (SSSR count). The molecule has 0 radical (unpaired) electrons. The van der Waals surface area contributed by atoms with Gasteiger partial charge in [0.05, 0.1) is 5.71 Å². The Hall–Kier alpha value is -2.94. The van der Waals surface area contributed by atoms with Crippen molar-refractivity contribution in [2.75, 3.05) is 5.32 Å². The summed E-state index contributed by atoms with van der Waals surface area (Å²) < 4.78 is 0. The highest BCUT2D eigenvalue weighted by atomic mass is 32.1. The minimum absolute atomic E-state index is 0.109. The highest BCUT2D eigenvalue weighted by Gasteiger charge is 2.14. The van der Waals surface area contributed by atoms with E-state index in [-0.39, 0.29) is 16.4 Å². The number of hydrogen-bond donors (Lipinski definition) is 5. The van der Waals surface area contributed by atoms with Crippen LogP contribution >= 0.6 is 12.2 Å². The Morgan fingerprint density at radius 2 is 1.96 bits per heavy atom. The molecule has 23 heavy (non-hydrogen) atoms. The first-order valence-corrected chi connectivity index (χ1v) is 7.16. The molecule has 0 amide bonds. The predicted molar refractivity (Wildman–Crippen MR) is 92.0 cm³/mol. The Kier molecular flexibility index (Phi) is 5.26. The number of thiocarbonyl (C=S) groups is 1. The third-order valence-corrected chi connectivity index (χ3v) is 3.06. The number of para-hydroxylation sites is 1. The molecule has 0 unspecified atom stereocenters. The summed E-state index contributed by atoms with van der Waals surface area (Å²) in [6, 6.07) is 9.24. The van der Waals surface area contributed by atoms with Gasteiger partial charge in [0, 0.05) is 5.69 Å². The molecule has 0 atom stereocenters. The number of benzene rings is 1. The average Bonchev–Trinajstić information content (AvgIpc) is 2.50. The number of hydrazone groups is 1. The standard InChI is InChI=1S/C14H15N5O3S/c1-2-9(10-11(20)16-13(22)17-12(10)21)18-19-14(23)15-8-6-4-3-5-7-8/h3-7H,2H2,1H3,(H2,15,19,23)(H3,16,17,20,21,22)/b18-9+. The van der Waals surface area contributed by atoms with Gasteiger partial charge in [0.15, 0.2) is 5.11 Å². The van der Waals surface area contributed by atoms with Crippen molar-refractivity contribution in [1.82, 2.24) is 15.4 Å². The molecule has 120 valence electrons. The summed E-state index contributed by atoms with van der Waals surface area (Å²) in [5, 5.41) is 16.9. The molecular weight excluding hydrogens is 318 g/mol. The number of H-pyrrole nitrogens is 2. The fourth-order valence-corrected chi connectivity index (χ4v) is 2.02. The van der Waals surface area contributed by atoms with E-state index in [4.69, 9.17) is 12.2 Å². The predicted octanol–water partition coefficient (Wildman–Crippen LogP) is 0.869. The van der Waals surface area contributed by atoms with Crippen LogP contribution in [0, 0.1) is 0 Å². The Labute approximate surface area is 136 Å². The lowest BCUT2D eigenvalue weighted by molar-refractivity contribution is 0.447. The second-order valence-electron chi connectivity index (χ2n) is 4.48. The molecule has 1 heterocycles. The van der Waals surface area contributed by atoms with Gasteiger partial charge in [-0.25, -0.2) is 4.79 Å². The van der Waals surface area contributed by atoms with Crippen LogP contribution in [0.3, 0.4) is 0 Å². The van der Waals surface area contributed by atoms with Crippen molar-refractivity contribution in [1.29, 1.82) is 0 Å². The molecular formula is C14H15N5O3S. The monoisotopic (exact) mass is 333 g/mol. The van der Waals surface area contributed by atoms with Crippen molar-refractivity contribution in [2.45, 2.75) is 13.3 Å². The smallest absolute Gasteiger partial charge is 0.328 e. The molecule has 0 fully saturated rings. The van der Waals surface area contributed by atoms with E-state index >= 15 is 0 Å². The molecule has 1 aromatic heterocycles. The van der Waals surface area contributed by atoms with Gasteiger partial charge in [0.1, 0.15) is 5.56 Å². The van der Waals surface area contributed by atoms with Gasteiger partial charge in [-0.3, -0.25) is 20.2 Å². The van der Waals surface area contributed by atoms with Crippen LogP contribution in [0.4, 0.5) is 5.69 Å². The number of rotatable bonds is 4. The van der Waals surface area contributed by atoms with Crippen molar-refractivity contribution in [3.05, 3.63) is 56.7 Å². The SMILES string of the molecule is CC/C(=N\NC(=S)Nc1ccccc1)c1c(O)[nH]c(=O)[nH]c1=O. The third kappa shape index (κ3) is 4.27. The van der Waals surface area contributed by atoms with Crippen LogP contribution in [0.1, 0.15) is 18.9 Å². The number of hydrogen-bond acceptors (Lipinski definition) is 5. The van der Waals surface area contributed by atoms with Crippen molar-refractivity contribution in [2.24, 2.45) is 5.10 Å². The minimum atomic E-state index is -0.791. The van der Waals surface area contributed by atoms with E-state index in [9.17, 15) is 14.7 Å². The molecule has 0 aliphatic carbocycles. The normalized spacial score (nSPS) is 11.1. The van der Waals surface area contributed by atoms with E-state index in [0.717, 1.165) is 5.69 Å². The van der Waals surface area contributed by atoms with E-state index in [2.05, 4.69) is 20.8 Å². The molecule has 0 saturated heterocycles. The lowest BCUT2D eigenvalue weighted by Crippen LogP contribution is -2.30. The van der Waals surface area contributed by atoms with Crippen LogP contribution in [0.2, 0.25) is 0 Å². The molecule has 1 aromatic carbocycles. The summed E-state index contributed by atoms with van der Waals surface area (Å²) in [6.45, 7) is 1.75. The van der Waals surface area contributed by atoms with Gasteiger partial charge in [0.25, 0.3) is 5.56 Å². The molecule has 5 N–H and O–H groups in total. The van der Waals surface area contributed by atoms with Crippen LogP contribution in [0.25, 0.3) is 0 Å². The zero-order valence-corrected chi connectivity index (χ0v) is 13.0. The lowest BCUT2D eigenvalue weighted by atomic mass is 10.1. The Bertz CT molecular complexity index is 841. The molecule has 8 nitrogen and oxygen atoms in total. The van der Waals surface area contributed by atoms with E-state index in [1.807, 2.05) is 35.3 Å². The summed E-state index contributed by atoms with van der Waals surface area (Å²) in [4.78, 5) is 27.0. The second-order valence-corrected chi connectivity index (χ2v) is 4.88. The average molecular weight is 333 g/mol. The summed E-state index contributed by atoms with van der Waals surface area (Å²) in [7, 11) is 0. The van der Waals surface area contributed by atoms with Crippen LogP contribution in [0.15, 0.2) is 45.0 Å². The molecule has 0 spiro atoms. The summed E-state index contributed by atoms with van der Waals surface area (Å²) in [5.74, 6) is -0.539. The minimum Gasteiger partial charge on any atom is -0.494 e. The number of nitrogens with zero attached hydrogens (tertiary/aromatic N) is 1. The highest BCUT2D eigenvalue weighted by Crippen LogP contribution is 2.09. The van der Waals surface area contributed by atoms with Crippen molar-refractivity contribution >= 4 is 28.7 Å². The Morgan fingerprint density at radius 3 is 2.57 bits per heavy atom. The first kappa shape index (κ1) is 16.4. The Morgan fingerprint density at radius 1 is 1.26 bits per heavy atom. The number of aromatic nitrogens is 2. The molecule has 0 bridgehead atoms. The maximum absolute atomic E-state index is 11.8. The molecule has 9 heteroatoms. The van der Waals surface area contributed by atoms with Crippen LogP contribution in [-0.2, 0) is 0 Å². The number of aromatic hydroxyl groups is 1. The maximum atomic E-state index is 11.8. The number of aromatic amines is 2. The van der Waals surface area contributed by atoms with E-state index in [1.54, 1.807) is 6.92 Å². The van der Waals surface area contributed by atoms with Crippen molar-refractivity contribution < 1.29 is 5.11 Å². The van der Waals surface area contributed by atoms with Crippen molar-refractivity contribution in [3.63, 3.8) is 0 Å². The summed E-state index contributed by atoms with van der Waals surface area (Å²) in [5.41, 5.74) is 2.00. The number of anilines is 1. The fraction of sp³-hybridized carbons (Fsp3) is 0.143. The fourth-order valence-electron chi connectivity index (χ4n) is 1.85. The van der Waals surface area contributed by atoms with Crippen LogP contribution < -0.4 is 22.0 Å². The first-order valence-electron chi connectivity index (χ1n) is 6.75. The topological polar surface area (TPSA) is 122 Å². The summed E-state index contributed by atoms with van der Waals surface area (Å²) in [6.07, 6.45) is 0.337. The van der Waals surface area contributed by atoms with Gasteiger partial charge in [-0.05, 0) is 30.8 Å². The molecule has 0 aliphatic rings. The van der Waals surface area contributed by atoms with E-state index in [1.165, 1.54) is 0 Å². The van der Waals surface area contributed by atoms with E-state index < -0.39 is 17.1 Å². The Balaban J connectivity index is 2.18. The quantitative estimate of drug-likeness (QED) is 0.321. The maximum Gasteiger partial charge on any atom is 0.328 e. The lowest BCUT2D eigenvalue weighted by Gasteiger charge is -2.09. The number of nitrogens with one attached hydrogen (secondary N) is 4. The summed E-state index contributed by atoms with van der Waals surface area (Å²) >= 11 is 5.10. The first-order chi connectivity index (χ1) is 11.0. The second kappa shape index (κ2) is 7.36. The van der Waals surface area contributed by atoms with Gasteiger partial charge in [0.2, 0.25) is 5.88 Å². The van der Waals surface area contributed by atoms with Gasteiger partial charge in [-0.15, -0.1) is 0 Å². The highest BCUT2D eigenvalue weighted by molar-refractivity contribution is 7.80. The third-order valence-electron chi connectivity index (χ3n) is 2.87.